The van der Waals surface area contributed by atoms with Crippen molar-refractivity contribution in [3.05, 3.63) is 166 Å². The first-order chi connectivity index (χ1) is 36.4. The van der Waals surface area contributed by atoms with E-state index in [4.69, 9.17) is 85.0 Å². The van der Waals surface area contributed by atoms with Crippen molar-refractivity contribution in [2.24, 2.45) is 0 Å². The summed E-state index contributed by atoms with van der Waals surface area (Å²) in [7, 11) is 0. The Kier molecular flexibility index (Phi) is 31.0. The van der Waals surface area contributed by atoms with Gasteiger partial charge >= 0.3 is 35.8 Å². The number of carbonyl (C=O) groups excluding carboxylic acids is 10. The van der Waals surface area contributed by atoms with Gasteiger partial charge in [0.15, 0.2) is 0 Å². The van der Waals surface area contributed by atoms with Crippen LogP contribution < -0.4 is 9.47 Å². The van der Waals surface area contributed by atoms with Crippen LogP contribution in [0.1, 0.15) is 140 Å². The van der Waals surface area contributed by atoms with Crippen molar-refractivity contribution in [1.29, 1.82) is 0 Å². The van der Waals surface area contributed by atoms with Crippen molar-refractivity contribution < 1.29 is 86.6 Å². The van der Waals surface area contributed by atoms with Crippen LogP contribution in [0.3, 0.4) is 0 Å². The van der Waals surface area contributed by atoms with E-state index in [-0.39, 0.29) is 44.9 Å². The van der Waals surface area contributed by atoms with Crippen molar-refractivity contribution in [2.75, 3.05) is 0 Å². The minimum Gasteiger partial charge on any atom is -0.459 e. The van der Waals surface area contributed by atoms with Crippen LogP contribution in [0.2, 0.25) is 0 Å². The average molecular weight is 1160 g/mol. The summed E-state index contributed by atoms with van der Waals surface area (Å²) in [6.45, 7) is 15.4. The Balaban J connectivity index is 0.000000676. The second-order valence-electron chi connectivity index (χ2n) is 16.5. The number of esters is 6. The Morgan fingerprint density at radius 2 is 0.679 bits per heavy atom. The summed E-state index contributed by atoms with van der Waals surface area (Å²) in [5.74, 6) is -3.73. The molecule has 0 fully saturated rings. The summed E-state index contributed by atoms with van der Waals surface area (Å²) in [4.78, 5) is 114. The molecule has 18 nitrogen and oxygen atoms in total. The van der Waals surface area contributed by atoms with Gasteiger partial charge in [0, 0.05) is 43.0 Å². The predicted molar refractivity (Wildman–Crippen MR) is 290 cm³/mol. The van der Waals surface area contributed by atoms with Crippen LogP contribution in [0.5, 0.6) is 11.5 Å². The SMILES string of the molecule is CC(=O)Oc1cc(C(=O)Cl)cc(C(=O)Cl)c1.CC(=O)Oc1cc(C(=O)OC(C)/C=C/C(C)OC(C)=O)cc(C(=O)OC(C)/C=C/C(C)OC(=O)c2cccc(C)c2)c1.CC(O)/C=C/C(C)O.O=C(Cl)c1cccc(C(=O)Cl)c1. The first-order valence-corrected chi connectivity index (χ1v) is 24.7. The number of aliphatic hydroxyl groups is 2. The number of aryl methyl sites for hydroxylation is 1. The van der Waals surface area contributed by atoms with Gasteiger partial charge in [0.2, 0.25) is 0 Å². The molecule has 4 aromatic carbocycles. The van der Waals surface area contributed by atoms with Crippen molar-refractivity contribution in [3.63, 3.8) is 0 Å². The van der Waals surface area contributed by atoms with E-state index in [0.717, 1.165) is 5.56 Å². The maximum absolute atomic E-state index is 12.9. The van der Waals surface area contributed by atoms with E-state index in [1.807, 2.05) is 13.0 Å². The molecule has 0 spiro atoms. The lowest BCUT2D eigenvalue weighted by atomic mass is 10.1. The molecule has 4 rings (SSSR count). The summed E-state index contributed by atoms with van der Waals surface area (Å²) in [5.41, 5.74) is 1.86. The number of benzene rings is 4. The standard InChI is InChI=1S/C32H36O10.C10H6Cl2O4.C8H4Cl2O2.C6H12O2/c1-19-9-8-10-26(15-19)30(35)39-21(3)13-14-23(5)41-32(37)28-16-27(17-29(18-28)42-25(7)34)31(36)40-22(4)12-11-20(2)38-24(6)33;1-5(13)16-8-3-6(9(11)14)2-7(4-8)10(12)15;9-7(11)5-2-1-3-6(4-5)8(10)12;1-5(7)3-4-6(2)8/h8-18,20-23H,1-7H3;2-4H,1H3;1-4H;3-8H,1-2H3/b12-11+,14-13+;;;4-3+. The number of halogens is 4. The van der Waals surface area contributed by atoms with Gasteiger partial charge in [0.25, 0.3) is 21.0 Å². The van der Waals surface area contributed by atoms with E-state index in [1.165, 1.54) is 75.4 Å². The van der Waals surface area contributed by atoms with Crippen LogP contribution in [0.25, 0.3) is 0 Å². The van der Waals surface area contributed by atoms with E-state index < -0.39 is 93.4 Å². The van der Waals surface area contributed by atoms with Gasteiger partial charge in [0.05, 0.1) is 28.9 Å². The van der Waals surface area contributed by atoms with Gasteiger partial charge < -0.3 is 38.6 Å². The Morgan fingerprint density at radius 3 is 1.00 bits per heavy atom. The molecule has 6 unspecified atom stereocenters. The van der Waals surface area contributed by atoms with E-state index in [1.54, 1.807) is 102 Å². The highest BCUT2D eigenvalue weighted by Crippen LogP contribution is 2.22. The van der Waals surface area contributed by atoms with Crippen molar-refractivity contribution >= 4 is 103 Å². The summed E-state index contributed by atoms with van der Waals surface area (Å²) in [6, 6.07) is 20.5. The highest BCUT2D eigenvalue weighted by molar-refractivity contribution is 6.69. The molecule has 78 heavy (non-hydrogen) atoms. The second kappa shape index (κ2) is 35.2. The first-order valence-electron chi connectivity index (χ1n) is 23.2. The van der Waals surface area contributed by atoms with Crippen LogP contribution in [-0.4, -0.2) is 104 Å². The summed E-state index contributed by atoms with van der Waals surface area (Å²) in [6.07, 6.45) is 5.90. The van der Waals surface area contributed by atoms with E-state index >= 15 is 0 Å². The van der Waals surface area contributed by atoms with Gasteiger partial charge in [-0.05, 0) is 174 Å². The van der Waals surface area contributed by atoms with Crippen molar-refractivity contribution in [1.82, 2.24) is 0 Å². The van der Waals surface area contributed by atoms with Crippen LogP contribution in [0.15, 0.2) is 121 Å². The molecule has 0 aliphatic carbocycles. The number of carbonyl (C=O) groups is 10. The maximum atomic E-state index is 12.9. The highest BCUT2D eigenvalue weighted by atomic mass is 35.5. The summed E-state index contributed by atoms with van der Waals surface area (Å²) < 4.78 is 31.1. The maximum Gasteiger partial charge on any atom is 0.338 e. The molecule has 418 valence electrons. The number of hydrogen-bond donors (Lipinski definition) is 2. The molecule has 6 atom stereocenters. The molecule has 2 N–H and O–H groups in total. The molecule has 0 aliphatic rings. The molecule has 4 aromatic rings. The minimum absolute atomic E-state index is 0.0319. The smallest absolute Gasteiger partial charge is 0.338 e. The number of rotatable bonds is 19. The molecule has 0 bridgehead atoms. The fraction of sp³-hybridized carbons (Fsp3) is 0.286. The molecule has 0 heterocycles. The Bertz CT molecular complexity index is 2800. The fourth-order valence-corrected chi connectivity index (χ4v) is 6.18. The van der Waals surface area contributed by atoms with E-state index in [2.05, 4.69) is 0 Å². The quantitative estimate of drug-likeness (QED) is 0.0290. The van der Waals surface area contributed by atoms with E-state index in [9.17, 15) is 47.9 Å². The Labute approximate surface area is 470 Å². The molecular formula is C56H58Cl4O18. The van der Waals surface area contributed by atoms with Gasteiger partial charge in [-0.15, -0.1) is 0 Å². The zero-order valence-electron chi connectivity index (χ0n) is 43.9. The van der Waals surface area contributed by atoms with Crippen molar-refractivity contribution in [3.8, 4) is 11.5 Å². The summed E-state index contributed by atoms with van der Waals surface area (Å²) in [5, 5.41) is 14.5. The average Bonchev–Trinajstić information content (AvgIpc) is 3.34. The van der Waals surface area contributed by atoms with Crippen LogP contribution in [0.4, 0.5) is 0 Å². The lowest BCUT2D eigenvalue weighted by molar-refractivity contribution is -0.143. The molecule has 0 amide bonds. The second-order valence-corrected chi connectivity index (χ2v) is 17.9. The molecular weight excluding hydrogens is 1100 g/mol. The van der Waals surface area contributed by atoms with Crippen LogP contribution >= 0.6 is 46.4 Å². The highest BCUT2D eigenvalue weighted by Gasteiger charge is 2.20. The molecule has 0 radical (unpaired) electrons. The van der Waals surface area contributed by atoms with Gasteiger partial charge in [-0.2, -0.15) is 0 Å². The third kappa shape index (κ3) is 29.3. The van der Waals surface area contributed by atoms with Crippen molar-refractivity contribution in [2.45, 2.75) is 106 Å². The van der Waals surface area contributed by atoms with Crippen LogP contribution in [0, 0.1) is 6.92 Å². The normalized spacial score (nSPS) is 12.9. The summed E-state index contributed by atoms with van der Waals surface area (Å²) >= 11 is 20.9. The predicted octanol–water partition coefficient (Wildman–Crippen LogP) is 10.4. The topological polar surface area (TPSA) is 267 Å². The Hall–Kier alpha value is -7.32. The monoisotopic (exact) mass is 1160 g/mol. The molecule has 0 saturated heterocycles. The molecule has 0 aliphatic heterocycles. The third-order valence-electron chi connectivity index (χ3n) is 9.04. The van der Waals surface area contributed by atoms with Crippen LogP contribution in [-0.2, 0) is 33.3 Å². The number of aliphatic hydroxyl groups excluding tert-OH is 2. The Morgan fingerprint density at radius 1 is 0.385 bits per heavy atom. The number of hydrogen-bond acceptors (Lipinski definition) is 18. The lowest BCUT2D eigenvalue weighted by Crippen LogP contribution is -2.18. The number of ether oxygens (including phenoxy) is 6. The largest absolute Gasteiger partial charge is 0.459 e. The van der Waals surface area contributed by atoms with Gasteiger partial charge in [-0.25, -0.2) is 14.4 Å². The van der Waals surface area contributed by atoms with Gasteiger partial charge in [-0.3, -0.25) is 33.6 Å². The lowest BCUT2D eigenvalue weighted by Gasteiger charge is -2.14. The zero-order chi connectivity index (χ0) is 59.4. The minimum atomic E-state index is -0.789. The van der Waals surface area contributed by atoms with Gasteiger partial charge in [0.1, 0.15) is 35.9 Å². The molecule has 22 heteroatoms. The fourth-order valence-electron chi connectivity index (χ4n) is 5.72. The first kappa shape index (κ1) is 68.7. The zero-order valence-corrected chi connectivity index (χ0v) is 47.0. The van der Waals surface area contributed by atoms with E-state index in [0.29, 0.717) is 5.56 Å². The molecule has 0 saturated carbocycles. The third-order valence-corrected chi connectivity index (χ3v) is 9.91. The molecule has 0 aromatic heterocycles. The van der Waals surface area contributed by atoms with Gasteiger partial charge in [-0.1, -0.05) is 48.0 Å².